The molecule has 0 amide bonds. The molecule has 0 aromatic heterocycles. The van der Waals surface area contributed by atoms with Gasteiger partial charge in [-0.15, -0.1) is 0 Å². The number of rotatable bonds is 3. The molecule has 0 saturated carbocycles. The number of nitro groups is 1. The molecule has 8 heteroatoms. The molecule has 0 aliphatic rings. The predicted octanol–water partition coefficient (Wildman–Crippen LogP) is 2.41. The average molecular weight is 251 g/mol. The number of halogens is 4. The van der Waals surface area contributed by atoms with Gasteiger partial charge >= 0.3 is 6.18 Å². The van der Waals surface area contributed by atoms with E-state index < -0.39 is 40.4 Å². The van der Waals surface area contributed by atoms with E-state index in [9.17, 15) is 32.5 Å². The monoisotopic (exact) mass is 251 g/mol. The van der Waals surface area contributed by atoms with Crippen molar-refractivity contribution in [1.29, 1.82) is 0 Å². The van der Waals surface area contributed by atoms with Crippen LogP contribution in [-0.2, 0) is 11.2 Å². The molecule has 0 atom stereocenters. The molecule has 0 spiro atoms. The molecular weight excluding hydrogens is 246 g/mol. The molecule has 0 bridgehead atoms. The van der Waals surface area contributed by atoms with Crippen LogP contribution in [0.2, 0.25) is 0 Å². The summed E-state index contributed by atoms with van der Waals surface area (Å²) in [5.74, 6) is -3.10. The zero-order valence-electron chi connectivity index (χ0n) is 8.12. The SMILES string of the molecule is O=C(Cc1cc(F)ccc1[N+](=O)[O-])C(F)(F)F. The molecule has 0 radical (unpaired) electrons. The van der Waals surface area contributed by atoms with Crippen molar-refractivity contribution >= 4 is 11.5 Å². The minimum Gasteiger partial charge on any atom is -0.289 e. The zero-order chi connectivity index (χ0) is 13.2. The van der Waals surface area contributed by atoms with Gasteiger partial charge in [0.05, 0.1) is 4.92 Å². The summed E-state index contributed by atoms with van der Waals surface area (Å²) in [5.41, 5.74) is -1.32. The quantitative estimate of drug-likeness (QED) is 0.470. The summed E-state index contributed by atoms with van der Waals surface area (Å²) in [6.45, 7) is 0. The van der Waals surface area contributed by atoms with Crippen LogP contribution in [0.5, 0.6) is 0 Å². The smallest absolute Gasteiger partial charge is 0.289 e. The summed E-state index contributed by atoms with van der Waals surface area (Å²) in [6.07, 6.45) is -6.35. The third kappa shape index (κ3) is 3.23. The average Bonchev–Trinajstić information content (AvgIpc) is 2.15. The summed E-state index contributed by atoms with van der Waals surface area (Å²) in [5, 5.41) is 10.5. The van der Waals surface area contributed by atoms with Gasteiger partial charge in [-0.05, 0) is 12.1 Å². The van der Waals surface area contributed by atoms with E-state index in [1.54, 1.807) is 0 Å². The highest BCUT2D eigenvalue weighted by atomic mass is 19.4. The fourth-order valence-corrected chi connectivity index (χ4v) is 1.15. The van der Waals surface area contributed by atoms with E-state index in [0.717, 1.165) is 6.07 Å². The van der Waals surface area contributed by atoms with Crippen LogP contribution in [0.1, 0.15) is 5.56 Å². The van der Waals surface area contributed by atoms with Gasteiger partial charge in [0.1, 0.15) is 5.82 Å². The van der Waals surface area contributed by atoms with Gasteiger partial charge in [-0.25, -0.2) is 4.39 Å². The highest BCUT2D eigenvalue weighted by molar-refractivity contribution is 5.86. The Bertz CT molecular complexity index is 470. The lowest BCUT2D eigenvalue weighted by atomic mass is 10.1. The number of hydrogen-bond acceptors (Lipinski definition) is 3. The van der Waals surface area contributed by atoms with Gasteiger partial charge in [-0.2, -0.15) is 13.2 Å². The van der Waals surface area contributed by atoms with Gasteiger partial charge in [-0.1, -0.05) is 0 Å². The maximum Gasteiger partial charge on any atom is 0.450 e. The number of nitro benzene ring substituents is 1. The fourth-order valence-electron chi connectivity index (χ4n) is 1.15. The van der Waals surface area contributed by atoms with Crippen molar-refractivity contribution < 1.29 is 27.3 Å². The highest BCUT2D eigenvalue weighted by Gasteiger charge is 2.38. The van der Waals surface area contributed by atoms with Crippen molar-refractivity contribution in [1.82, 2.24) is 0 Å². The molecule has 0 heterocycles. The summed E-state index contributed by atoms with van der Waals surface area (Å²) in [4.78, 5) is 20.1. The lowest BCUT2D eigenvalue weighted by Crippen LogP contribution is -2.24. The summed E-state index contributed by atoms with van der Waals surface area (Å²) in [7, 11) is 0. The second-order valence-corrected chi connectivity index (χ2v) is 3.13. The second-order valence-electron chi connectivity index (χ2n) is 3.13. The van der Waals surface area contributed by atoms with E-state index in [1.165, 1.54) is 0 Å². The normalized spacial score (nSPS) is 11.3. The van der Waals surface area contributed by atoms with Crippen molar-refractivity contribution in [2.45, 2.75) is 12.6 Å². The van der Waals surface area contributed by atoms with Crippen LogP contribution < -0.4 is 0 Å². The Hall–Kier alpha value is -1.99. The van der Waals surface area contributed by atoms with Crippen LogP contribution in [0.15, 0.2) is 18.2 Å². The number of hydrogen-bond donors (Lipinski definition) is 0. The van der Waals surface area contributed by atoms with Gasteiger partial charge < -0.3 is 0 Å². The minimum atomic E-state index is -5.10. The van der Waals surface area contributed by atoms with Gasteiger partial charge in [-0.3, -0.25) is 14.9 Å². The van der Waals surface area contributed by atoms with E-state index in [-0.39, 0.29) is 0 Å². The van der Waals surface area contributed by atoms with Crippen LogP contribution in [0.4, 0.5) is 23.2 Å². The number of alkyl halides is 3. The first-order valence-corrected chi connectivity index (χ1v) is 4.24. The third-order valence-corrected chi connectivity index (χ3v) is 1.91. The Balaban J connectivity index is 3.09. The molecule has 0 saturated heterocycles. The largest absolute Gasteiger partial charge is 0.450 e. The first-order valence-electron chi connectivity index (χ1n) is 4.24. The summed E-state index contributed by atoms with van der Waals surface area (Å²) >= 11 is 0. The first-order chi connectivity index (χ1) is 7.71. The van der Waals surface area contributed by atoms with Crippen molar-refractivity contribution in [3.8, 4) is 0 Å². The molecule has 4 nitrogen and oxygen atoms in total. The van der Waals surface area contributed by atoms with Crippen LogP contribution in [0.3, 0.4) is 0 Å². The lowest BCUT2D eigenvalue weighted by Gasteiger charge is -2.05. The van der Waals surface area contributed by atoms with Crippen LogP contribution >= 0.6 is 0 Å². The van der Waals surface area contributed by atoms with Gasteiger partial charge in [0.25, 0.3) is 5.69 Å². The lowest BCUT2D eigenvalue weighted by molar-refractivity contribution is -0.385. The Kier molecular flexibility index (Phi) is 3.45. The van der Waals surface area contributed by atoms with Gasteiger partial charge in [0.15, 0.2) is 0 Å². The molecule has 0 unspecified atom stereocenters. The topological polar surface area (TPSA) is 60.2 Å². The van der Waals surface area contributed by atoms with Crippen LogP contribution in [0, 0.1) is 15.9 Å². The van der Waals surface area contributed by atoms with E-state index >= 15 is 0 Å². The number of benzene rings is 1. The summed E-state index contributed by atoms with van der Waals surface area (Å²) in [6, 6.07) is 2.00. The molecule has 0 fully saturated rings. The number of nitrogens with zero attached hydrogens (tertiary/aromatic N) is 1. The third-order valence-electron chi connectivity index (χ3n) is 1.91. The maximum absolute atomic E-state index is 12.7. The second kappa shape index (κ2) is 4.48. The number of Topliss-reactive ketones (excluding diaryl/α,β-unsaturated/α-hetero) is 1. The first kappa shape index (κ1) is 13.1. The molecule has 92 valence electrons. The Labute approximate surface area is 92.0 Å². The van der Waals surface area contributed by atoms with Crippen molar-refractivity contribution in [3.05, 3.63) is 39.7 Å². The molecular formula is C9H5F4NO3. The van der Waals surface area contributed by atoms with Crippen LogP contribution in [0.25, 0.3) is 0 Å². The zero-order valence-corrected chi connectivity index (χ0v) is 8.12. The molecule has 1 rings (SSSR count). The Morgan fingerprint density at radius 1 is 1.35 bits per heavy atom. The maximum atomic E-state index is 12.7. The molecule has 0 N–H and O–H groups in total. The Morgan fingerprint density at radius 2 is 1.94 bits per heavy atom. The van der Waals surface area contributed by atoms with Gasteiger partial charge in [0.2, 0.25) is 5.78 Å². The molecule has 0 aliphatic heterocycles. The molecule has 1 aromatic rings. The molecule has 0 aliphatic carbocycles. The molecule has 17 heavy (non-hydrogen) atoms. The Morgan fingerprint density at radius 3 is 2.41 bits per heavy atom. The van der Waals surface area contributed by atoms with E-state index in [0.29, 0.717) is 12.1 Å². The standard InChI is InChI=1S/C9H5F4NO3/c10-6-1-2-7(14(16)17)5(3-6)4-8(15)9(11,12)13/h1-3H,4H2. The fraction of sp³-hybridized carbons (Fsp3) is 0.222. The number of carbonyl (C=O) groups excluding carboxylic acids is 1. The van der Waals surface area contributed by atoms with E-state index in [1.807, 2.05) is 0 Å². The predicted molar refractivity (Wildman–Crippen MR) is 47.8 cm³/mol. The molecule has 1 aromatic carbocycles. The number of ketones is 1. The van der Waals surface area contributed by atoms with Gasteiger partial charge in [0, 0.05) is 18.1 Å². The highest BCUT2D eigenvalue weighted by Crippen LogP contribution is 2.24. The number of carbonyl (C=O) groups is 1. The van der Waals surface area contributed by atoms with Crippen LogP contribution in [-0.4, -0.2) is 16.9 Å². The van der Waals surface area contributed by atoms with E-state index in [4.69, 9.17) is 0 Å². The van der Waals surface area contributed by atoms with Crippen molar-refractivity contribution in [2.24, 2.45) is 0 Å². The van der Waals surface area contributed by atoms with Crippen molar-refractivity contribution in [2.75, 3.05) is 0 Å². The minimum absolute atomic E-state index is 0.543. The van der Waals surface area contributed by atoms with Crippen molar-refractivity contribution in [3.63, 3.8) is 0 Å². The summed E-state index contributed by atoms with van der Waals surface area (Å²) < 4.78 is 48.6. The van der Waals surface area contributed by atoms with E-state index in [2.05, 4.69) is 0 Å².